The fourth-order valence-electron chi connectivity index (χ4n) is 2.07. The zero-order valence-corrected chi connectivity index (χ0v) is 12.2. The van der Waals surface area contributed by atoms with Crippen LogP contribution in [0.1, 0.15) is 53.2 Å². The van der Waals surface area contributed by atoms with E-state index in [1.807, 2.05) is 13.8 Å². The fraction of sp³-hybridized carbons (Fsp3) is 0.333. The van der Waals surface area contributed by atoms with E-state index < -0.39 is 0 Å². The number of carbonyl (C=O) groups excluding carboxylic acids is 2. The van der Waals surface area contributed by atoms with Crippen molar-refractivity contribution in [1.82, 2.24) is 15.0 Å². The van der Waals surface area contributed by atoms with Crippen LogP contribution >= 0.6 is 0 Å². The van der Waals surface area contributed by atoms with Crippen LogP contribution in [-0.4, -0.2) is 33.9 Å². The molecule has 2 rings (SSSR count). The molecule has 0 spiro atoms. The van der Waals surface area contributed by atoms with Crippen LogP contribution in [0.3, 0.4) is 0 Å². The van der Waals surface area contributed by atoms with Crippen LogP contribution in [0.25, 0.3) is 5.69 Å². The Hall–Kier alpha value is -2.50. The molecule has 0 radical (unpaired) electrons. The maximum atomic E-state index is 11.6. The van der Waals surface area contributed by atoms with E-state index >= 15 is 0 Å². The molecular weight excluding hydrogens is 270 g/mol. The van der Waals surface area contributed by atoms with Crippen molar-refractivity contribution >= 4 is 12.3 Å². The minimum atomic E-state index is -0.361. The van der Waals surface area contributed by atoms with Gasteiger partial charge in [0.05, 0.1) is 23.6 Å². The number of hydrogen-bond acceptors (Lipinski definition) is 5. The summed E-state index contributed by atoms with van der Waals surface area (Å²) in [4.78, 5) is 22.6. The average molecular weight is 287 g/mol. The summed E-state index contributed by atoms with van der Waals surface area (Å²) in [6, 6.07) is 6.84. The Morgan fingerprint density at radius 1 is 1.33 bits per heavy atom. The Kier molecular flexibility index (Phi) is 4.47. The molecule has 0 saturated heterocycles. The minimum Gasteiger partial charge on any atom is -0.462 e. The second-order valence-electron chi connectivity index (χ2n) is 4.81. The van der Waals surface area contributed by atoms with Gasteiger partial charge in [-0.05, 0) is 37.1 Å². The number of nitrogens with zero attached hydrogens (tertiary/aromatic N) is 3. The highest BCUT2D eigenvalue weighted by Crippen LogP contribution is 2.20. The van der Waals surface area contributed by atoms with Crippen molar-refractivity contribution in [3.05, 3.63) is 41.2 Å². The van der Waals surface area contributed by atoms with Crippen molar-refractivity contribution in [2.75, 3.05) is 6.61 Å². The molecule has 1 heterocycles. The predicted octanol–water partition coefficient (Wildman–Crippen LogP) is 2.38. The van der Waals surface area contributed by atoms with E-state index in [2.05, 4.69) is 10.3 Å². The lowest BCUT2D eigenvalue weighted by Gasteiger charge is -2.10. The van der Waals surface area contributed by atoms with Crippen LogP contribution < -0.4 is 0 Å². The van der Waals surface area contributed by atoms with Crippen LogP contribution in [0.15, 0.2) is 24.3 Å². The third kappa shape index (κ3) is 2.99. The lowest BCUT2D eigenvalue weighted by molar-refractivity contribution is 0.0526. The summed E-state index contributed by atoms with van der Waals surface area (Å²) in [6.45, 7) is 6.03. The average Bonchev–Trinajstić information content (AvgIpc) is 2.91. The van der Waals surface area contributed by atoms with Gasteiger partial charge in [0.1, 0.15) is 5.69 Å². The first kappa shape index (κ1) is 14.9. The van der Waals surface area contributed by atoms with Gasteiger partial charge in [0.25, 0.3) is 0 Å². The first-order valence-electron chi connectivity index (χ1n) is 6.76. The zero-order valence-electron chi connectivity index (χ0n) is 12.2. The van der Waals surface area contributed by atoms with Crippen molar-refractivity contribution < 1.29 is 14.3 Å². The highest BCUT2D eigenvalue weighted by Gasteiger charge is 2.17. The molecule has 2 aromatic rings. The second-order valence-corrected chi connectivity index (χ2v) is 4.81. The van der Waals surface area contributed by atoms with Gasteiger partial charge in [-0.25, -0.2) is 9.48 Å². The maximum absolute atomic E-state index is 11.6. The van der Waals surface area contributed by atoms with Crippen LogP contribution in [0.4, 0.5) is 0 Å². The van der Waals surface area contributed by atoms with Gasteiger partial charge in [0, 0.05) is 0 Å². The SMILES string of the molecule is CCOC(=O)c1ccc(-n2nnc(C=O)c2C(C)C)cc1. The Morgan fingerprint density at radius 2 is 2.00 bits per heavy atom. The quantitative estimate of drug-likeness (QED) is 0.623. The number of esters is 1. The molecule has 1 aromatic heterocycles. The van der Waals surface area contributed by atoms with Crippen LogP contribution in [0.5, 0.6) is 0 Å². The minimum absolute atomic E-state index is 0.102. The van der Waals surface area contributed by atoms with Crippen molar-refractivity contribution in [3.8, 4) is 5.69 Å². The number of aldehydes is 1. The molecule has 21 heavy (non-hydrogen) atoms. The molecule has 1 aromatic carbocycles. The highest BCUT2D eigenvalue weighted by atomic mass is 16.5. The van der Waals surface area contributed by atoms with Gasteiger partial charge < -0.3 is 4.74 Å². The van der Waals surface area contributed by atoms with E-state index in [-0.39, 0.29) is 11.9 Å². The Morgan fingerprint density at radius 3 is 2.52 bits per heavy atom. The Balaban J connectivity index is 2.37. The maximum Gasteiger partial charge on any atom is 0.338 e. The Labute approximate surface area is 122 Å². The van der Waals surface area contributed by atoms with Crippen LogP contribution in [-0.2, 0) is 4.74 Å². The molecule has 110 valence electrons. The molecule has 0 fully saturated rings. The highest BCUT2D eigenvalue weighted by molar-refractivity contribution is 5.89. The standard InChI is InChI=1S/C15H17N3O3/c1-4-21-15(20)11-5-7-12(8-6-11)18-14(10(2)3)13(9-19)16-17-18/h5-10H,4H2,1-3H3. The van der Waals surface area contributed by atoms with Crippen molar-refractivity contribution in [2.45, 2.75) is 26.7 Å². The largest absolute Gasteiger partial charge is 0.462 e. The van der Waals surface area contributed by atoms with E-state index in [1.165, 1.54) is 0 Å². The molecule has 0 amide bonds. The molecule has 0 unspecified atom stereocenters. The van der Waals surface area contributed by atoms with Gasteiger partial charge in [-0.1, -0.05) is 19.1 Å². The number of hydrogen-bond donors (Lipinski definition) is 0. The van der Waals surface area contributed by atoms with Crippen molar-refractivity contribution in [2.24, 2.45) is 0 Å². The molecular formula is C15H17N3O3. The van der Waals surface area contributed by atoms with E-state index in [0.717, 1.165) is 11.4 Å². The normalized spacial score (nSPS) is 10.7. The van der Waals surface area contributed by atoms with E-state index in [4.69, 9.17) is 4.74 Å². The van der Waals surface area contributed by atoms with Gasteiger partial charge >= 0.3 is 5.97 Å². The molecule has 0 aliphatic carbocycles. The lowest BCUT2D eigenvalue weighted by atomic mass is 10.1. The van der Waals surface area contributed by atoms with E-state index in [9.17, 15) is 9.59 Å². The van der Waals surface area contributed by atoms with Crippen LogP contribution in [0.2, 0.25) is 0 Å². The molecule has 0 aliphatic heterocycles. The molecule has 0 aliphatic rings. The van der Waals surface area contributed by atoms with Crippen molar-refractivity contribution in [3.63, 3.8) is 0 Å². The summed E-state index contributed by atoms with van der Waals surface area (Å²) in [5, 5.41) is 7.88. The van der Waals surface area contributed by atoms with Crippen molar-refractivity contribution in [1.29, 1.82) is 0 Å². The Bertz CT molecular complexity index is 645. The van der Waals surface area contributed by atoms with Gasteiger partial charge in [-0.3, -0.25) is 4.79 Å². The number of rotatable bonds is 5. The smallest absolute Gasteiger partial charge is 0.338 e. The van der Waals surface area contributed by atoms with Crippen LogP contribution in [0, 0.1) is 0 Å². The molecule has 0 N–H and O–H groups in total. The zero-order chi connectivity index (χ0) is 15.4. The summed E-state index contributed by atoms with van der Waals surface area (Å²) in [7, 11) is 0. The number of carbonyl (C=O) groups is 2. The molecule has 0 atom stereocenters. The van der Waals surface area contributed by atoms with Gasteiger partial charge in [-0.2, -0.15) is 0 Å². The summed E-state index contributed by atoms with van der Waals surface area (Å²) in [5.74, 6) is -0.259. The second kappa shape index (κ2) is 6.30. The monoisotopic (exact) mass is 287 g/mol. The summed E-state index contributed by atoms with van der Waals surface area (Å²) >= 11 is 0. The number of ether oxygens (including phenoxy) is 1. The fourth-order valence-corrected chi connectivity index (χ4v) is 2.07. The summed E-state index contributed by atoms with van der Waals surface area (Å²) in [6.07, 6.45) is 0.700. The van der Waals surface area contributed by atoms with E-state index in [1.54, 1.807) is 35.9 Å². The summed E-state index contributed by atoms with van der Waals surface area (Å²) in [5.41, 5.74) is 2.29. The van der Waals surface area contributed by atoms with Gasteiger partial charge in [0.2, 0.25) is 0 Å². The summed E-state index contributed by atoms with van der Waals surface area (Å²) < 4.78 is 6.55. The predicted molar refractivity (Wildman–Crippen MR) is 76.8 cm³/mol. The molecule has 0 bridgehead atoms. The number of benzene rings is 1. The third-order valence-electron chi connectivity index (χ3n) is 3.01. The first-order chi connectivity index (χ1) is 10.1. The number of aromatic nitrogens is 3. The third-order valence-corrected chi connectivity index (χ3v) is 3.01. The molecule has 0 saturated carbocycles. The van der Waals surface area contributed by atoms with E-state index in [0.29, 0.717) is 24.2 Å². The molecule has 6 nitrogen and oxygen atoms in total. The van der Waals surface area contributed by atoms with Gasteiger partial charge in [0.15, 0.2) is 6.29 Å². The first-order valence-corrected chi connectivity index (χ1v) is 6.76. The topological polar surface area (TPSA) is 74.1 Å². The lowest BCUT2D eigenvalue weighted by Crippen LogP contribution is -2.07. The molecule has 6 heteroatoms. The van der Waals surface area contributed by atoms with Gasteiger partial charge in [-0.15, -0.1) is 5.10 Å².